The Hall–Kier alpha value is -0.900. The minimum absolute atomic E-state index is 0.794. The summed E-state index contributed by atoms with van der Waals surface area (Å²) in [5.74, 6) is 0. The van der Waals surface area contributed by atoms with Gasteiger partial charge in [0.1, 0.15) is 5.35 Å². The number of hydrogen-bond acceptors (Lipinski definition) is 2. The fourth-order valence-electron chi connectivity index (χ4n) is 0.719. The highest BCUT2D eigenvalue weighted by molar-refractivity contribution is 9.12. The zero-order chi connectivity index (χ0) is 9.14. The van der Waals surface area contributed by atoms with Gasteiger partial charge in [0, 0.05) is 11.5 Å². The first-order valence-electron chi connectivity index (χ1n) is 3.53. The van der Waals surface area contributed by atoms with Gasteiger partial charge in [-0.2, -0.15) is 0 Å². The number of aromatic nitrogens is 3. The molecule has 1 rings (SSSR count). The van der Waals surface area contributed by atoms with Gasteiger partial charge in [-0.3, -0.25) is 0 Å². The van der Waals surface area contributed by atoms with Crippen LogP contribution in [0.25, 0.3) is 12.7 Å². The van der Waals surface area contributed by atoms with Crippen LogP contribution < -0.4 is 10.7 Å². The van der Waals surface area contributed by atoms with Crippen LogP contribution >= 0.6 is 15.9 Å². The van der Waals surface area contributed by atoms with Gasteiger partial charge < -0.3 is 0 Å². The van der Waals surface area contributed by atoms with Crippen LogP contribution in [0.4, 0.5) is 0 Å². The molecule has 1 aromatic heterocycles. The first kappa shape index (κ1) is 9.19. The number of rotatable bonds is 1. The van der Waals surface area contributed by atoms with Gasteiger partial charge in [0.15, 0.2) is 0 Å². The highest BCUT2D eigenvalue weighted by Crippen LogP contribution is 2.03. The Labute approximate surface area is 79.2 Å². The van der Waals surface area contributed by atoms with E-state index in [2.05, 4.69) is 32.8 Å². The summed E-state index contributed by atoms with van der Waals surface area (Å²) >= 11 is 3.36. The normalized spacial score (nSPS) is 13.9. The summed E-state index contributed by atoms with van der Waals surface area (Å²) < 4.78 is 2.62. The second-order valence-corrected chi connectivity index (χ2v) is 3.28. The SMILES string of the molecule is C=c1/c(=C\C(Br)=C/C)nnn1C. The maximum absolute atomic E-state index is 3.93. The highest BCUT2D eigenvalue weighted by Gasteiger charge is 1.91. The number of aryl methyl sites for hydroxylation is 1. The molecule has 0 aliphatic heterocycles. The average Bonchev–Trinajstić information content (AvgIpc) is 2.36. The first-order chi connectivity index (χ1) is 5.65. The molecule has 0 unspecified atom stereocenters. The number of halogens is 1. The quantitative estimate of drug-likeness (QED) is 0.692. The highest BCUT2D eigenvalue weighted by atomic mass is 79.9. The van der Waals surface area contributed by atoms with Crippen LogP contribution in [-0.4, -0.2) is 15.0 Å². The molecule has 0 fully saturated rings. The summed E-state index contributed by atoms with van der Waals surface area (Å²) in [6.45, 7) is 5.77. The van der Waals surface area contributed by atoms with E-state index in [0.29, 0.717) is 0 Å². The molecule has 4 heteroatoms. The van der Waals surface area contributed by atoms with Gasteiger partial charge in [0.25, 0.3) is 0 Å². The fourth-order valence-corrected chi connectivity index (χ4v) is 0.936. The van der Waals surface area contributed by atoms with E-state index in [1.54, 1.807) is 4.68 Å². The van der Waals surface area contributed by atoms with Crippen LogP contribution in [0.3, 0.4) is 0 Å². The molecule has 0 radical (unpaired) electrons. The topological polar surface area (TPSA) is 30.7 Å². The molecule has 1 heterocycles. The Morgan fingerprint density at radius 3 is 2.75 bits per heavy atom. The molecule has 0 amide bonds. The Bertz CT molecular complexity index is 402. The van der Waals surface area contributed by atoms with E-state index in [-0.39, 0.29) is 0 Å². The van der Waals surface area contributed by atoms with Crippen molar-refractivity contribution in [2.24, 2.45) is 7.05 Å². The third-order valence-electron chi connectivity index (χ3n) is 1.52. The van der Waals surface area contributed by atoms with Crippen molar-refractivity contribution < 1.29 is 0 Å². The van der Waals surface area contributed by atoms with Crippen molar-refractivity contribution in [1.29, 1.82) is 0 Å². The van der Waals surface area contributed by atoms with Crippen LogP contribution in [-0.2, 0) is 7.05 Å². The van der Waals surface area contributed by atoms with Crippen LogP contribution in [0.1, 0.15) is 6.92 Å². The van der Waals surface area contributed by atoms with E-state index in [1.807, 2.05) is 26.1 Å². The summed E-state index contributed by atoms with van der Waals surface area (Å²) in [6, 6.07) is 0. The van der Waals surface area contributed by atoms with Crippen molar-refractivity contribution in [3.8, 4) is 0 Å². The number of hydrogen-bond donors (Lipinski definition) is 0. The van der Waals surface area contributed by atoms with Crippen molar-refractivity contribution in [2.45, 2.75) is 6.92 Å². The van der Waals surface area contributed by atoms with Crippen LogP contribution in [0.5, 0.6) is 0 Å². The molecule has 0 N–H and O–H groups in total. The molecule has 0 bridgehead atoms. The molecule has 0 spiro atoms. The van der Waals surface area contributed by atoms with E-state index >= 15 is 0 Å². The zero-order valence-corrected chi connectivity index (χ0v) is 8.67. The van der Waals surface area contributed by atoms with Crippen molar-refractivity contribution in [3.63, 3.8) is 0 Å². The monoisotopic (exact) mass is 227 g/mol. The molecule has 0 aliphatic rings. The summed E-state index contributed by atoms with van der Waals surface area (Å²) in [5, 5.41) is 9.36. The lowest BCUT2D eigenvalue weighted by Crippen LogP contribution is -2.27. The Balaban J connectivity index is 3.29. The second-order valence-electron chi connectivity index (χ2n) is 2.36. The zero-order valence-electron chi connectivity index (χ0n) is 7.08. The van der Waals surface area contributed by atoms with Gasteiger partial charge in [0.2, 0.25) is 0 Å². The summed E-state index contributed by atoms with van der Waals surface area (Å²) in [5.41, 5.74) is 0. The number of allylic oxidation sites excluding steroid dienone is 2. The van der Waals surface area contributed by atoms with Crippen molar-refractivity contribution in [1.82, 2.24) is 15.0 Å². The molecule has 0 saturated heterocycles. The van der Waals surface area contributed by atoms with Crippen LogP contribution in [0, 0.1) is 0 Å². The standard InChI is InChI=1S/C8H10BrN3/c1-4-7(9)5-8-6(2)12(3)11-10-8/h4-5H,2H2,1,3H3/b7-4+,8-5+. The predicted octanol–water partition coefficient (Wildman–Crippen LogP) is 0.305. The van der Waals surface area contributed by atoms with Crippen LogP contribution in [0.2, 0.25) is 0 Å². The third-order valence-corrected chi connectivity index (χ3v) is 2.21. The third kappa shape index (κ3) is 1.82. The lowest BCUT2D eigenvalue weighted by molar-refractivity contribution is 0.699. The average molecular weight is 228 g/mol. The fraction of sp³-hybridized carbons (Fsp3) is 0.250. The molecular weight excluding hydrogens is 218 g/mol. The minimum atomic E-state index is 0.794. The Morgan fingerprint density at radius 2 is 2.33 bits per heavy atom. The maximum atomic E-state index is 3.93. The van der Waals surface area contributed by atoms with E-state index in [1.165, 1.54) is 0 Å². The van der Waals surface area contributed by atoms with Gasteiger partial charge in [-0.25, -0.2) is 4.68 Å². The largest absolute Gasteiger partial charge is 0.248 e. The van der Waals surface area contributed by atoms with Gasteiger partial charge >= 0.3 is 0 Å². The van der Waals surface area contributed by atoms with E-state index < -0.39 is 0 Å². The smallest absolute Gasteiger partial charge is 0.113 e. The molecule has 0 saturated carbocycles. The molecule has 12 heavy (non-hydrogen) atoms. The molecule has 1 aromatic rings. The van der Waals surface area contributed by atoms with Gasteiger partial charge in [-0.05, 0) is 13.0 Å². The second kappa shape index (κ2) is 3.67. The molecular formula is C8H10BrN3. The summed E-state index contributed by atoms with van der Waals surface area (Å²) in [4.78, 5) is 0. The van der Waals surface area contributed by atoms with Crippen molar-refractivity contribution in [3.05, 3.63) is 21.3 Å². The summed E-state index contributed by atoms with van der Waals surface area (Å²) in [6.07, 6.45) is 3.82. The first-order valence-corrected chi connectivity index (χ1v) is 4.32. The van der Waals surface area contributed by atoms with Gasteiger partial charge in [-0.15, -0.1) is 5.10 Å². The molecule has 3 nitrogen and oxygen atoms in total. The molecule has 0 aromatic carbocycles. The number of nitrogens with zero attached hydrogens (tertiary/aromatic N) is 3. The lowest BCUT2D eigenvalue weighted by atomic mass is 10.4. The van der Waals surface area contributed by atoms with Gasteiger partial charge in [0.05, 0.1) is 5.35 Å². The summed E-state index contributed by atoms with van der Waals surface area (Å²) in [7, 11) is 1.82. The predicted molar refractivity (Wildman–Crippen MR) is 52.9 cm³/mol. The van der Waals surface area contributed by atoms with E-state index in [4.69, 9.17) is 0 Å². The Morgan fingerprint density at radius 1 is 1.67 bits per heavy atom. The van der Waals surface area contributed by atoms with Crippen LogP contribution in [0.15, 0.2) is 10.6 Å². The Kier molecular flexibility index (Phi) is 2.81. The molecule has 0 atom stereocenters. The van der Waals surface area contributed by atoms with E-state index in [0.717, 1.165) is 15.2 Å². The minimum Gasteiger partial charge on any atom is -0.248 e. The van der Waals surface area contributed by atoms with Gasteiger partial charge in [-0.1, -0.05) is 33.8 Å². The lowest BCUT2D eigenvalue weighted by Gasteiger charge is -1.82. The molecule has 64 valence electrons. The molecule has 0 aliphatic carbocycles. The van der Waals surface area contributed by atoms with E-state index in [9.17, 15) is 0 Å². The van der Waals surface area contributed by atoms with Crippen molar-refractivity contribution >= 4 is 28.6 Å². The maximum Gasteiger partial charge on any atom is 0.113 e. The van der Waals surface area contributed by atoms with Crippen molar-refractivity contribution in [2.75, 3.05) is 0 Å².